The average Bonchev–Trinajstić information content (AvgIpc) is 2.82. The van der Waals surface area contributed by atoms with Crippen LogP contribution in [0.1, 0.15) is 45.6 Å². The normalized spacial score (nSPS) is 12.3. The Labute approximate surface area is 233 Å². The first-order valence-electron chi connectivity index (χ1n) is 12.2. The molecule has 38 heavy (non-hydrogen) atoms. The van der Waals surface area contributed by atoms with Gasteiger partial charge in [0.15, 0.2) is 11.6 Å². The van der Waals surface area contributed by atoms with Gasteiger partial charge >= 0.3 is 0 Å². The molecule has 0 saturated carbocycles. The van der Waals surface area contributed by atoms with Crippen molar-refractivity contribution in [3.8, 4) is 0 Å². The molecule has 0 spiro atoms. The second-order valence-corrected chi connectivity index (χ2v) is 12.1. The van der Waals surface area contributed by atoms with Gasteiger partial charge < -0.3 is 10.2 Å². The summed E-state index contributed by atoms with van der Waals surface area (Å²) >= 11 is 12.3. The number of rotatable bonds is 13. The molecule has 0 saturated heterocycles. The fourth-order valence-corrected chi connectivity index (χ4v) is 5.25. The third-order valence-corrected chi connectivity index (χ3v) is 7.55. The van der Waals surface area contributed by atoms with E-state index < -0.39 is 27.7 Å². The number of hydrogen-bond donors (Lipinski definition) is 1. The van der Waals surface area contributed by atoms with Crippen LogP contribution in [0.4, 0.5) is 14.5 Å². The van der Waals surface area contributed by atoms with E-state index in [0.29, 0.717) is 28.6 Å². The number of amides is 2. The summed E-state index contributed by atoms with van der Waals surface area (Å²) in [6, 6.07) is 6.86. The molecule has 0 heterocycles. The van der Waals surface area contributed by atoms with Crippen LogP contribution in [-0.2, 0) is 26.2 Å². The van der Waals surface area contributed by atoms with Crippen molar-refractivity contribution in [2.75, 3.05) is 23.7 Å². The lowest BCUT2D eigenvalue weighted by Crippen LogP contribution is -2.49. The van der Waals surface area contributed by atoms with Crippen molar-refractivity contribution in [1.82, 2.24) is 10.2 Å². The Hall–Kier alpha value is -2.43. The fourth-order valence-electron chi connectivity index (χ4n) is 3.82. The molecule has 2 rings (SSSR count). The quantitative estimate of drug-likeness (QED) is 0.338. The highest BCUT2D eigenvalue weighted by atomic mass is 35.5. The van der Waals surface area contributed by atoms with Crippen molar-refractivity contribution in [2.24, 2.45) is 5.92 Å². The van der Waals surface area contributed by atoms with Gasteiger partial charge in [-0.15, -0.1) is 0 Å². The lowest BCUT2D eigenvalue weighted by atomic mass is 10.1. The lowest BCUT2D eigenvalue weighted by Gasteiger charge is -2.31. The molecule has 210 valence electrons. The van der Waals surface area contributed by atoms with E-state index in [1.54, 1.807) is 25.1 Å². The number of sulfonamides is 1. The zero-order chi connectivity index (χ0) is 28.6. The topological polar surface area (TPSA) is 86.8 Å². The summed E-state index contributed by atoms with van der Waals surface area (Å²) in [5.74, 6) is -2.77. The second kappa shape index (κ2) is 14.1. The van der Waals surface area contributed by atoms with Crippen LogP contribution in [-0.4, -0.2) is 50.5 Å². The Morgan fingerprint density at radius 1 is 1.05 bits per heavy atom. The van der Waals surface area contributed by atoms with Gasteiger partial charge in [-0.2, -0.15) is 0 Å². The Balaban J connectivity index is 2.26. The molecule has 2 amide bonds. The summed E-state index contributed by atoms with van der Waals surface area (Å²) < 4.78 is 52.7. The molecule has 7 nitrogen and oxygen atoms in total. The smallest absolute Gasteiger partial charge is 0.242 e. The van der Waals surface area contributed by atoms with Crippen molar-refractivity contribution >= 4 is 50.7 Å². The van der Waals surface area contributed by atoms with Crippen LogP contribution in [0.25, 0.3) is 0 Å². The second-order valence-electron chi connectivity index (χ2n) is 9.36. The zero-order valence-electron chi connectivity index (χ0n) is 21.8. The lowest BCUT2D eigenvalue weighted by molar-refractivity contribution is -0.141. The Bertz CT molecular complexity index is 1240. The Morgan fingerprint density at radius 2 is 1.74 bits per heavy atom. The van der Waals surface area contributed by atoms with Gasteiger partial charge in [-0.25, -0.2) is 17.2 Å². The Morgan fingerprint density at radius 3 is 2.29 bits per heavy atom. The molecule has 0 radical (unpaired) electrons. The molecule has 0 fully saturated rings. The third-order valence-electron chi connectivity index (χ3n) is 5.77. The van der Waals surface area contributed by atoms with E-state index in [2.05, 4.69) is 5.32 Å². The first-order valence-corrected chi connectivity index (χ1v) is 14.8. The highest BCUT2D eigenvalue weighted by Gasteiger charge is 2.29. The SMILES string of the molecule is CC[C@@H](C(=O)NCC(C)C)N(Cc1ccc(Cl)cc1Cl)C(=O)CCCN(c1ccc(F)c(F)c1)S(C)(=O)=O. The van der Waals surface area contributed by atoms with Gasteiger partial charge in [-0.05, 0) is 48.6 Å². The molecule has 0 aromatic heterocycles. The van der Waals surface area contributed by atoms with Gasteiger partial charge in [0.25, 0.3) is 0 Å². The Kier molecular flexibility index (Phi) is 11.8. The van der Waals surface area contributed by atoms with Crippen molar-refractivity contribution < 1.29 is 26.8 Å². The minimum Gasteiger partial charge on any atom is -0.354 e. The van der Waals surface area contributed by atoms with Gasteiger partial charge in [0.1, 0.15) is 6.04 Å². The number of nitrogens with zero attached hydrogens (tertiary/aromatic N) is 2. The van der Waals surface area contributed by atoms with E-state index in [9.17, 15) is 26.8 Å². The van der Waals surface area contributed by atoms with Crippen molar-refractivity contribution in [3.63, 3.8) is 0 Å². The highest BCUT2D eigenvalue weighted by molar-refractivity contribution is 7.92. The predicted octanol–water partition coefficient (Wildman–Crippen LogP) is 5.40. The van der Waals surface area contributed by atoms with Crippen LogP contribution >= 0.6 is 23.2 Å². The summed E-state index contributed by atoms with van der Waals surface area (Å²) in [7, 11) is -3.85. The van der Waals surface area contributed by atoms with E-state index >= 15 is 0 Å². The molecule has 2 aromatic rings. The molecule has 1 atom stereocenters. The van der Waals surface area contributed by atoms with Crippen molar-refractivity contribution in [3.05, 3.63) is 63.6 Å². The van der Waals surface area contributed by atoms with Crippen LogP contribution in [0.3, 0.4) is 0 Å². The van der Waals surface area contributed by atoms with Gasteiger partial charge in [0, 0.05) is 42.2 Å². The van der Waals surface area contributed by atoms with Crippen molar-refractivity contribution in [2.45, 2.75) is 52.6 Å². The van der Waals surface area contributed by atoms with Crippen LogP contribution in [0.15, 0.2) is 36.4 Å². The fraction of sp³-hybridized carbons (Fsp3) is 0.462. The minimum atomic E-state index is -3.85. The molecular weight excluding hydrogens is 559 g/mol. The molecule has 0 aliphatic carbocycles. The number of carbonyl (C=O) groups is 2. The number of hydrogen-bond acceptors (Lipinski definition) is 4. The van der Waals surface area contributed by atoms with E-state index in [4.69, 9.17) is 23.2 Å². The molecule has 2 aromatic carbocycles. The largest absolute Gasteiger partial charge is 0.354 e. The third kappa shape index (κ3) is 9.10. The zero-order valence-corrected chi connectivity index (χ0v) is 24.1. The van der Waals surface area contributed by atoms with Crippen LogP contribution < -0.4 is 9.62 Å². The monoisotopic (exact) mass is 591 g/mol. The summed E-state index contributed by atoms with van der Waals surface area (Å²) in [6.45, 7) is 6.04. The summed E-state index contributed by atoms with van der Waals surface area (Å²) in [5, 5.41) is 3.63. The van der Waals surface area contributed by atoms with Gasteiger partial charge in [0.05, 0.1) is 11.9 Å². The van der Waals surface area contributed by atoms with Crippen LogP contribution in [0, 0.1) is 17.6 Å². The van der Waals surface area contributed by atoms with Crippen LogP contribution in [0.2, 0.25) is 10.0 Å². The maximum Gasteiger partial charge on any atom is 0.242 e. The van der Waals surface area contributed by atoms with Gasteiger partial charge in [-0.3, -0.25) is 13.9 Å². The summed E-state index contributed by atoms with van der Waals surface area (Å²) in [6.07, 6.45) is 1.25. The average molecular weight is 593 g/mol. The van der Waals surface area contributed by atoms with Crippen molar-refractivity contribution in [1.29, 1.82) is 0 Å². The summed E-state index contributed by atoms with van der Waals surface area (Å²) in [5.41, 5.74) is 0.544. The van der Waals surface area contributed by atoms with Gasteiger partial charge in [0.2, 0.25) is 21.8 Å². The van der Waals surface area contributed by atoms with Gasteiger partial charge in [-0.1, -0.05) is 50.0 Å². The molecule has 1 N–H and O–H groups in total. The minimum absolute atomic E-state index is 0.0431. The molecular formula is C26H33Cl2F2N3O4S. The summed E-state index contributed by atoms with van der Waals surface area (Å²) in [4.78, 5) is 27.9. The number of anilines is 1. The molecule has 0 bridgehead atoms. The molecule has 0 aliphatic heterocycles. The maximum absolute atomic E-state index is 13.8. The highest BCUT2D eigenvalue weighted by Crippen LogP contribution is 2.25. The predicted molar refractivity (Wildman–Crippen MR) is 147 cm³/mol. The standard InChI is InChI=1S/C26H33Cl2F2N3O4S/c1-5-24(26(35)31-15-17(2)3)32(16-18-8-9-19(27)13-21(18)28)25(34)7-6-12-33(38(4,36)37)20-10-11-22(29)23(30)14-20/h8-11,13-14,17,24H,5-7,12,15-16H2,1-4H3,(H,31,35)/t24-/m0/s1. The van der Waals surface area contributed by atoms with Crippen LogP contribution in [0.5, 0.6) is 0 Å². The number of carbonyl (C=O) groups excluding carboxylic acids is 2. The van der Waals surface area contributed by atoms with E-state index in [1.165, 1.54) is 4.90 Å². The van der Waals surface area contributed by atoms with E-state index in [0.717, 1.165) is 28.8 Å². The first kappa shape index (κ1) is 31.8. The number of halogens is 4. The number of benzene rings is 2. The van der Waals surface area contributed by atoms with E-state index in [1.807, 2.05) is 13.8 Å². The molecule has 12 heteroatoms. The maximum atomic E-state index is 13.8. The molecule has 0 aliphatic rings. The molecule has 0 unspecified atom stereocenters. The first-order chi connectivity index (χ1) is 17.7. The van der Waals surface area contributed by atoms with E-state index in [-0.39, 0.29) is 49.4 Å². The number of nitrogens with one attached hydrogen (secondary N) is 1.